The second-order valence-electron chi connectivity index (χ2n) is 12.6. The van der Waals surface area contributed by atoms with Gasteiger partial charge in [0.2, 0.25) is 0 Å². The number of rotatable bonds is 5. The number of nitrogens with zero attached hydrogens (tertiary/aromatic N) is 1. The lowest BCUT2D eigenvalue weighted by Crippen LogP contribution is -2.09. The van der Waals surface area contributed by atoms with Crippen LogP contribution in [0.1, 0.15) is 0 Å². The van der Waals surface area contributed by atoms with Crippen LogP contribution in [0.15, 0.2) is 185 Å². The Balaban J connectivity index is 1.17. The van der Waals surface area contributed by atoms with Crippen molar-refractivity contribution in [1.82, 2.24) is 0 Å². The predicted octanol–water partition coefficient (Wildman–Crippen LogP) is 13.4. The van der Waals surface area contributed by atoms with Crippen LogP contribution < -0.4 is 4.90 Å². The molecule has 0 radical (unpaired) electrons. The first kappa shape index (κ1) is 27.5. The maximum atomic E-state index is 6.57. The fourth-order valence-corrected chi connectivity index (χ4v) is 7.25. The van der Waals surface area contributed by atoms with Gasteiger partial charge in [-0.15, -0.1) is 0 Å². The minimum Gasteiger partial charge on any atom is -0.456 e. The third-order valence-electron chi connectivity index (χ3n) is 9.64. The van der Waals surface area contributed by atoms with Gasteiger partial charge in [-0.05, 0) is 93.3 Å². The summed E-state index contributed by atoms with van der Waals surface area (Å²) in [4.78, 5) is 2.33. The zero-order valence-corrected chi connectivity index (χ0v) is 26.5. The van der Waals surface area contributed by atoms with Crippen molar-refractivity contribution < 1.29 is 8.83 Å². The van der Waals surface area contributed by atoms with Gasteiger partial charge >= 0.3 is 0 Å². The minimum absolute atomic E-state index is 0.810. The van der Waals surface area contributed by atoms with E-state index in [-0.39, 0.29) is 0 Å². The van der Waals surface area contributed by atoms with E-state index in [0.29, 0.717) is 0 Å². The van der Waals surface area contributed by atoms with Crippen LogP contribution in [-0.2, 0) is 0 Å². The summed E-state index contributed by atoms with van der Waals surface area (Å²) in [6.45, 7) is 0. The van der Waals surface area contributed by atoms with Crippen LogP contribution >= 0.6 is 0 Å². The number of hydrogen-bond acceptors (Lipinski definition) is 3. The van der Waals surface area contributed by atoms with Crippen LogP contribution in [-0.4, -0.2) is 0 Å². The summed E-state index contributed by atoms with van der Waals surface area (Å²) in [5.41, 5.74) is 9.09. The summed E-state index contributed by atoms with van der Waals surface area (Å²) in [6, 6.07) is 62.1. The fourth-order valence-electron chi connectivity index (χ4n) is 7.25. The summed E-state index contributed by atoms with van der Waals surface area (Å²) in [7, 11) is 0. The molecular formula is C46H29NO2. The fraction of sp³-hybridized carbons (Fsp3) is 0. The summed E-state index contributed by atoms with van der Waals surface area (Å²) in [5, 5.41) is 8.00. The Bertz CT molecular complexity index is 2810. The Morgan fingerprint density at radius 2 is 0.959 bits per heavy atom. The first-order chi connectivity index (χ1) is 24.3. The topological polar surface area (TPSA) is 29.5 Å². The van der Waals surface area contributed by atoms with E-state index >= 15 is 0 Å². The number of hydrogen-bond donors (Lipinski definition) is 0. The lowest BCUT2D eigenvalue weighted by atomic mass is 10.0. The Kier molecular flexibility index (Phi) is 6.18. The molecule has 0 bridgehead atoms. The highest BCUT2D eigenvalue weighted by Crippen LogP contribution is 2.43. The van der Waals surface area contributed by atoms with E-state index in [0.717, 1.165) is 61.3 Å². The van der Waals surface area contributed by atoms with Gasteiger partial charge in [0.1, 0.15) is 22.5 Å². The second-order valence-corrected chi connectivity index (χ2v) is 12.6. The van der Waals surface area contributed by atoms with Crippen molar-refractivity contribution in [3.8, 4) is 22.5 Å². The van der Waals surface area contributed by atoms with Gasteiger partial charge in [0.15, 0.2) is 0 Å². The van der Waals surface area contributed by atoms with Gasteiger partial charge in [0.05, 0.1) is 5.39 Å². The minimum atomic E-state index is 0.810. The van der Waals surface area contributed by atoms with Crippen LogP contribution in [0, 0.1) is 0 Å². The normalized spacial score (nSPS) is 11.7. The zero-order valence-electron chi connectivity index (χ0n) is 26.5. The summed E-state index contributed by atoms with van der Waals surface area (Å²) >= 11 is 0. The average Bonchev–Trinajstić information content (AvgIpc) is 3.77. The van der Waals surface area contributed by atoms with E-state index in [1.807, 2.05) is 18.2 Å². The highest BCUT2D eigenvalue weighted by Gasteiger charge is 2.19. The third kappa shape index (κ3) is 4.59. The van der Waals surface area contributed by atoms with E-state index < -0.39 is 0 Å². The Morgan fingerprint density at radius 3 is 1.80 bits per heavy atom. The molecular weight excluding hydrogens is 599 g/mol. The van der Waals surface area contributed by atoms with Gasteiger partial charge in [-0.3, -0.25) is 0 Å². The Hall–Kier alpha value is -6.58. The molecule has 3 heteroatoms. The maximum Gasteiger partial charge on any atom is 0.146 e. The molecule has 2 aromatic heterocycles. The third-order valence-corrected chi connectivity index (χ3v) is 9.64. The number of benzene rings is 8. The van der Waals surface area contributed by atoms with E-state index in [9.17, 15) is 0 Å². The predicted molar refractivity (Wildman–Crippen MR) is 204 cm³/mol. The molecule has 0 amide bonds. The molecule has 0 atom stereocenters. The molecule has 0 aliphatic carbocycles. The lowest BCUT2D eigenvalue weighted by molar-refractivity contribution is 0.633. The van der Waals surface area contributed by atoms with Crippen molar-refractivity contribution in [1.29, 1.82) is 0 Å². The van der Waals surface area contributed by atoms with Crippen molar-refractivity contribution >= 4 is 71.5 Å². The number of furan rings is 2. The van der Waals surface area contributed by atoms with Crippen molar-refractivity contribution in [2.24, 2.45) is 0 Å². The van der Waals surface area contributed by atoms with E-state index in [4.69, 9.17) is 8.83 Å². The van der Waals surface area contributed by atoms with Crippen LogP contribution in [0.5, 0.6) is 0 Å². The molecule has 49 heavy (non-hydrogen) atoms. The van der Waals surface area contributed by atoms with Gasteiger partial charge in [-0.25, -0.2) is 0 Å². The summed E-state index contributed by atoms with van der Waals surface area (Å²) < 4.78 is 13.0. The standard InChI is InChI=1S/C46H29NO2/c1-3-9-30(10-4-1)31-17-20-36(21-18-31)47(37-22-24-40-34(27-37)16-15-32-11-7-8-14-39(32)40)38-23-26-42-41(29-38)45-43(48-42)25-19-35-28-44(49-46(35)45)33-12-5-2-6-13-33/h1-29H. The summed E-state index contributed by atoms with van der Waals surface area (Å²) in [5.74, 6) is 0.845. The molecule has 10 rings (SSSR count). The van der Waals surface area contributed by atoms with Gasteiger partial charge in [-0.1, -0.05) is 115 Å². The molecule has 0 spiro atoms. The van der Waals surface area contributed by atoms with Crippen molar-refractivity contribution in [3.63, 3.8) is 0 Å². The lowest BCUT2D eigenvalue weighted by Gasteiger charge is -2.26. The maximum absolute atomic E-state index is 6.57. The van der Waals surface area contributed by atoms with Crippen LogP contribution in [0.2, 0.25) is 0 Å². The smallest absolute Gasteiger partial charge is 0.146 e. The van der Waals surface area contributed by atoms with Crippen molar-refractivity contribution in [2.45, 2.75) is 0 Å². The molecule has 0 aliphatic heterocycles. The highest BCUT2D eigenvalue weighted by atomic mass is 16.3. The molecule has 0 saturated heterocycles. The zero-order chi connectivity index (χ0) is 32.3. The number of fused-ring (bicyclic) bond motifs is 8. The Labute approximate surface area is 282 Å². The molecule has 0 unspecified atom stereocenters. The van der Waals surface area contributed by atoms with Gasteiger partial charge in [-0.2, -0.15) is 0 Å². The molecule has 230 valence electrons. The highest BCUT2D eigenvalue weighted by molar-refractivity contribution is 6.18. The van der Waals surface area contributed by atoms with Crippen molar-refractivity contribution in [2.75, 3.05) is 4.90 Å². The van der Waals surface area contributed by atoms with Crippen LogP contribution in [0.25, 0.3) is 76.9 Å². The van der Waals surface area contributed by atoms with Crippen molar-refractivity contribution in [3.05, 3.63) is 176 Å². The molecule has 3 nitrogen and oxygen atoms in total. The number of anilines is 3. The molecule has 0 saturated carbocycles. The Morgan fingerprint density at radius 1 is 0.347 bits per heavy atom. The molecule has 2 heterocycles. The molecule has 0 aliphatic rings. The van der Waals surface area contributed by atoms with Crippen LogP contribution in [0.4, 0.5) is 17.1 Å². The van der Waals surface area contributed by atoms with Gasteiger partial charge in [0.25, 0.3) is 0 Å². The molecule has 0 fully saturated rings. The molecule has 10 aromatic rings. The average molecular weight is 628 g/mol. The van der Waals surface area contributed by atoms with Gasteiger partial charge in [0, 0.05) is 33.4 Å². The molecule has 8 aromatic carbocycles. The monoisotopic (exact) mass is 627 g/mol. The SMILES string of the molecule is c1ccc(-c2ccc(N(c3ccc4c(ccc5ccccc54)c3)c3ccc4oc5ccc6cc(-c7ccccc7)oc6c5c4c3)cc2)cc1. The van der Waals surface area contributed by atoms with E-state index in [1.165, 1.54) is 32.7 Å². The first-order valence-corrected chi connectivity index (χ1v) is 16.6. The largest absolute Gasteiger partial charge is 0.456 e. The second kappa shape index (κ2) is 11.0. The molecule has 0 N–H and O–H groups in total. The quantitative estimate of drug-likeness (QED) is 0.178. The van der Waals surface area contributed by atoms with Gasteiger partial charge < -0.3 is 13.7 Å². The van der Waals surface area contributed by atoms with E-state index in [2.05, 4.69) is 163 Å². The van der Waals surface area contributed by atoms with Crippen LogP contribution in [0.3, 0.4) is 0 Å². The van der Waals surface area contributed by atoms with E-state index in [1.54, 1.807) is 0 Å². The first-order valence-electron chi connectivity index (χ1n) is 16.6. The summed E-state index contributed by atoms with van der Waals surface area (Å²) in [6.07, 6.45) is 0.